The van der Waals surface area contributed by atoms with Crippen LogP contribution in [0.3, 0.4) is 0 Å². The van der Waals surface area contributed by atoms with E-state index in [0.29, 0.717) is 30.0 Å². The maximum absolute atomic E-state index is 13.7. The maximum Gasteiger partial charge on any atom is 0.274 e. The highest BCUT2D eigenvalue weighted by Gasteiger charge is 2.60. The summed E-state index contributed by atoms with van der Waals surface area (Å²) in [6.07, 6.45) is 1.77. The molecule has 1 aliphatic carbocycles. The summed E-state index contributed by atoms with van der Waals surface area (Å²) in [5.41, 5.74) is 3.37. The number of benzene rings is 2. The molecule has 7 heteroatoms. The number of likely N-dealkylation sites (tertiary alicyclic amines) is 1. The first kappa shape index (κ1) is 20.3. The molecular weight excluding hydrogens is 430 g/mol. The second kappa shape index (κ2) is 7.92. The van der Waals surface area contributed by atoms with Crippen molar-refractivity contribution >= 4 is 34.1 Å². The Morgan fingerprint density at radius 3 is 2.67 bits per heavy atom. The Labute approximate surface area is 196 Å². The van der Waals surface area contributed by atoms with E-state index in [0.717, 1.165) is 38.8 Å². The van der Waals surface area contributed by atoms with Gasteiger partial charge in [-0.25, -0.2) is 9.97 Å². The van der Waals surface area contributed by atoms with Gasteiger partial charge >= 0.3 is 0 Å². The van der Waals surface area contributed by atoms with E-state index in [1.54, 1.807) is 17.5 Å². The molecule has 1 aliphatic heterocycles. The molecule has 0 unspecified atom stereocenters. The lowest BCUT2D eigenvalue weighted by Crippen LogP contribution is -2.43. The highest BCUT2D eigenvalue weighted by Crippen LogP contribution is 2.55. The average molecular weight is 456 g/mol. The lowest BCUT2D eigenvalue weighted by Gasteiger charge is -2.29. The minimum Gasteiger partial charge on any atom is -0.367 e. The van der Waals surface area contributed by atoms with Crippen molar-refractivity contribution in [2.45, 2.75) is 19.9 Å². The normalized spacial score (nSPS) is 23.5. The van der Waals surface area contributed by atoms with E-state index in [1.165, 1.54) is 0 Å². The number of amides is 1. The largest absolute Gasteiger partial charge is 0.367 e. The van der Waals surface area contributed by atoms with Gasteiger partial charge in [-0.3, -0.25) is 9.78 Å². The lowest BCUT2D eigenvalue weighted by molar-refractivity contribution is 0.0700. The minimum absolute atomic E-state index is 0.0361. The highest BCUT2D eigenvalue weighted by molar-refractivity contribution is 7.15. The number of hydrogen-bond acceptors (Lipinski definition) is 6. The van der Waals surface area contributed by atoms with Gasteiger partial charge in [0.2, 0.25) is 0 Å². The molecule has 4 aromatic rings. The van der Waals surface area contributed by atoms with Gasteiger partial charge in [-0.05, 0) is 42.4 Å². The third kappa shape index (κ3) is 3.56. The number of carbonyl (C=O) groups is 1. The summed E-state index contributed by atoms with van der Waals surface area (Å²) in [4.78, 5) is 30.6. The molecule has 1 saturated carbocycles. The second-order valence-corrected chi connectivity index (χ2v) is 10.2. The van der Waals surface area contributed by atoms with Crippen molar-refractivity contribution in [3.05, 3.63) is 71.5 Å². The van der Waals surface area contributed by atoms with Gasteiger partial charge < -0.3 is 10.2 Å². The van der Waals surface area contributed by atoms with E-state index in [9.17, 15) is 4.79 Å². The van der Waals surface area contributed by atoms with Crippen LogP contribution in [-0.2, 0) is 0 Å². The molecule has 33 heavy (non-hydrogen) atoms. The van der Waals surface area contributed by atoms with Gasteiger partial charge in [0.05, 0.1) is 33.2 Å². The van der Waals surface area contributed by atoms with Crippen LogP contribution in [0.2, 0.25) is 0 Å². The Hall–Kier alpha value is -3.32. The SMILES string of the molecule is Cc1nc(C(=O)N2C[C@H]3[C@@H](C)[C@H]3[C@H]2CNc2cnc3ccccc3n2)c(-c2ccccc2)s1. The zero-order valence-corrected chi connectivity index (χ0v) is 19.4. The number of piperidine rings is 1. The summed E-state index contributed by atoms with van der Waals surface area (Å²) in [5.74, 6) is 2.52. The Balaban J connectivity index is 1.25. The third-order valence-corrected chi connectivity index (χ3v) is 8.08. The average Bonchev–Trinajstić information content (AvgIpc) is 3.16. The molecule has 1 amide bonds. The van der Waals surface area contributed by atoms with E-state index in [-0.39, 0.29) is 11.9 Å². The fourth-order valence-electron chi connectivity index (χ4n) is 5.30. The van der Waals surface area contributed by atoms with Gasteiger partial charge in [-0.2, -0.15) is 0 Å². The molecular formula is C26H25N5OS. The number of thiazole rings is 1. The number of fused-ring (bicyclic) bond motifs is 2. The number of rotatable bonds is 5. The molecule has 166 valence electrons. The van der Waals surface area contributed by atoms with Crippen LogP contribution in [0.15, 0.2) is 60.8 Å². The summed E-state index contributed by atoms with van der Waals surface area (Å²) >= 11 is 1.59. The number of nitrogens with one attached hydrogen (secondary N) is 1. The monoisotopic (exact) mass is 455 g/mol. The van der Waals surface area contributed by atoms with Gasteiger partial charge in [0.1, 0.15) is 11.5 Å². The fraction of sp³-hybridized carbons (Fsp3) is 0.308. The molecule has 1 saturated heterocycles. The van der Waals surface area contributed by atoms with Crippen LogP contribution in [-0.4, -0.2) is 44.9 Å². The number of aryl methyl sites for hydroxylation is 1. The Bertz CT molecular complexity index is 1340. The van der Waals surface area contributed by atoms with Crippen molar-refractivity contribution in [3.63, 3.8) is 0 Å². The predicted molar refractivity (Wildman–Crippen MR) is 131 cm³/mol. The van der Waals surface area contributed by atoms with Crippen LogP contribution in [0.1, 0.15) is 22.4 Å². The highest BCUT2D eigenvalue weighted by atomic mass is 32.1. The molecule has 2 aromatic heterocycles. The third-order valence-electron chi connectivity index (χ3n) is 7.06. The lowest BCUT2D eigenvalue weighted by atomic mass is 10.1. The zero-order chi connectivity index (χ0) is 22.5. The predicted octanol–water partition coefficient (Wildman–Crippen LogP) is 4.88. The summed E-state index contributed by atoms with van der Waals surface area (Å²) in [6.45, 7) is 5.72. The molecule has 0 bridgehead atoms. The fourth-order valence-corrected chi connectivity index (χ4v) is 6.21. The smallest absolute Gasteiger partial charge is 0.274 e. The Kier molecular flexibility index (Phi) is 4.87. The zero-order valence-electron chi connectivity index (χ0n) is 18.6. The first-order chi connectivity index (χ1) is 16.1. The quantitative estimate of drug-likeness (QED) is 0.464. The summed E-state index contributed by atoms with van der Waals surface area (Å²) in [5, 5.41) is 4.37. The Morgan fingerprint density at radius 1 is 1.09 bits per heavy atom. The van der Waals surface area contributed by atoms with Crippen molar-refractivity contribution in [3.8, 4) is 10.4 Å². The van der Waals surface area contributed by atoms with Crippen LogP contribution in [0.5, 0.6) is 0 Å². The Morgan fingerprint density at radius 2 is 1.85 bits per heavy atom. The van der Waals surface area contributed by atoms with Gasteiger partial charge in [-0.15, -0.1) is 11.3 Å². The van der Waals surface area contributed by atoms with E-state index in [1.807, 2.05) is 66.4 Å². The van der Waals surface area contributed by atoms with Crippen LogP contribution < -0.4 is 5.32 Å². The van der Waals surface area contributed by atoms with E-state index >= 15 is 0 Å². The number of para-hydroxylation sites is 2. The van der Waals surface area contributed by atoms with E-state index < -0.39 is 0 Å². The van der Waals surface area contributed by atoms with Gasteiger partial charge in [0.25, 0.3) is 5.91 Å². The van der Waals surface area contributed by atoms with Gasteiger partial charge in [-0.1, -0.05) is 49.4 Å². The molecule has 2 aliphatic rings. The topological polar surface area (TPSA) is 71.0 Å². The molecule has 6 rings (SSSR count). The van der Waals surface area contributed by atoms with Crippen molar-refractivity contribution in [1.29, 1.82) is 0 Å². The van der Waals surface area contributed by atoms with Crippen LogP contribution in [0, 0.1) is 24.7 Å². The van der Waals surface area contributed by atoms with Crippen molar-refractivity contribution in [2.24, 2.45) is 17.8 Å². The molecule has 6 nitrogen and oxygen atoms in total. The van der Waals surface area contributed by atoms with Crippen molar-refractivity contribution in [2.75, 3.05) is 18.4 Å². The summed E-state index contributed by atoms with van der Waals surface area (Å²) in [7, 11) is 0. The van der Waals surface area contributed by atoms with Crippen LogP contribution >= 0.6 is 11.3 Å². The second-order valence-electron chi connectivity index (χ2n) is 9.03. The molecule has 1 N–H and O–H groups in total. The van der Waals surface area contributed by atoms with E-state index in [4.69, 9.17) is 4.98 Å². The number of carbonyl (C=O) groups excluding carboxylic acids is 1. The summed E-state index contributed by atoms with van der Waals surface area (Å²) < 4.78 is 0. The first-order valence-electron chi connectivity index (χ1n) is 11.4. The maximum atomic E-state index is 13.7. The van der Waals surface area contributed by atoms with Gasteiger partial charge in [0.15, 0.2) is 0 Å². The molecule has 0 spiro atoms. The number of nitrogens with zero attached hydrogens (tertiary/aromatic N) is 4. The summed E-state index contributed by atoms with van der Waals surface area (Å²) in [6, 6.07) is 18.1. The standard InChI is InChI=1S/C26H25N5OS/c1-15-18-14-31(26(32)24-25(33-16(2)29-24)17-8-4-3-5-9-17)21(23(15)18)12-28-22-13-27-19-10-6-7-11-20(19)30-22/h3-11,13,15,18,21,23H,12,14H2,1-2H3,(H,28,30)/t15-,18+,21-,23-/m1/s1. The molecule has 2 fully saturated rings. The number of aromatic nitrogens is 3. The van der Waals surface area contributed by atoms with Crippen molar-refractivity contribution < 1.29 is 4.79 Å². The number of hydrogen-bond donors (Lipinski definition) is 1. The van der Waals surface area contributed by atoms with Crippen LogP contribution in [0.4, 0.5) is 5.82 Å². The molecule has 0 radical (unpaired) electrons. The molecule has 3 heterocycles. The van der Waals surface area contributed by atoms with Crippen LogP contribution in [0.25, 0.3) is 21.5 Å². The van der Waals surface area contributed by atoms with E-state index in [2.05, 4.69) is 22.2 Å². The number of anilines is 1. The van der Waals surface area contributed by atoms with Crippen molar-refractivity contribution in [1.82, 2.24) is 19.9 Å². The van der Waals surface area contributed by atoms with Gasteiger partial charge in [0, 0.05) is 13.1 Å². The molecule has 2 aromatic carbocycles. The molecule has 4 atom stereocenters. The first-order valence-corrected chi connectivity index (χ1v) is 12.2. The minimum atomic E-state index is 0.0361.